The number of hydrogen-bond donors (Lipinski definition) is 2. The minimum atomic E-state index is 0.00442. The molecule has 0 saturated heterocycles. The highest BCUT2D eigenvalue weighted by Crippen LogP contribution is 2.32. The summed E-state index contributed by atoms with van der Waals surface area (Å²) in [5.41, 5.74) is 6.02. The first-order valence-corrected chi connectivity index (χ1v) is 6.93. The molecule has 0 aliphatic rings. The summed E-state index contributed by atoms with van der Waals surface area (Å²) in [5.74, 6) is 5.68. The smallest absolute Gasteiger partial charge is 0.0815 e. The maximum atomic E-state index is 5.68. The van der Waals surface area contributed by atoms with Gasteiger partial charge in [0.1, 0.15) is 0 Å². The van der Waals surface area contributed by atoms with Gasteiger partial charge in [-0.25, -0.2) is 5.43 Å². The third-order valence-electron chi connectivity index (χ3n) is 2.51. The summed E-state index contributed by atoms with van der Waals surface area (Å²) >= 11 is 5.22. The van der Waals surface area contributed by atoms with Crippen LogP contribution in [0, 0.1) is 13.8 Å². The predicted molar refractivity (Wildman–Crippen MR) is 74.9 cm³/mol. The van der Waals surface area contributed by atoms with E-state index in [9.17, 15) is 0 Å². The lowest BCUT2D eigenvalue weighted by atomic mass is 10.1. The van der Waals surface area contributed by atoms with E-state index in [4.69, 9.17) is 5.84 Å². The van der Waals surface area contributed by atoms with E-state index in [1.54, 1.807) is 11.3 Å². The van der Waals surface area contributed by atoms with E-state index in [1.165, 1.54) is 4.88 Å². The van der Waals surface area contributed by atoms with Gasteiger partial charge in [0.2, 0.25) is 0 Å². The first kappa shape index (κ1) is 12.7. The van der Waals surface area contributed by atoms with Crippen LogP contribution in [0.3, 0.4) is 0 Å². The molecule has 90 valence electrons. The molecule has 1 unspecified atom stereocenters. The molecular weight excluding hydrogens is 298 g/mol. The number of nitrogens with one attached hydrogen (secondary N) is 1. The summed E-state index contributed by atoms with van der Waals surface area (Å²) in [6.45, 7) is 3.99. The van der Waals surface area contributed by atoms with Gasteiger partial charge >= 0.3 is 0 Å². The van der Waals surface area contributed by atoms with E-state index in [1.807, 2.05) is 25.3 Å². The van der Waals surface area contributed by atoms with Crippen LogP contribution in [0.2, 0.25) is 0 Å². The van der Waals surface area contributed by atoms with Crippen LogP contribution in [-0.4, -0.2) is 4.98 Å². The van der Waals surface area contributed by atoms with E-state index < -0.39 is 0 Å². The van der Waals surface area contributed by atoms with Crippen LogP contribution in [0.25, 0.3) is 0 Å². The number of halogens is 1. The van der Waals surface area contributed by atoms with Gasteiger partial charge in [0.05, 0.1) is 6.04 Å². The van der Waals surface area contributed by atoms with Gasteiger partial charge in [-0.3, -0.25) is 10.8 Å². The molecule has 1 atom stereocenters. The fraction of sp³-hybridized carbons (Fsp3) is 0.250. The zero-order valence-electron chi connectivity index (χ0n) is 9.70. The maximum Gasteiger partial charge on any atom is 0.0815 e. The Labute approximate surface area is 113 Å². The zero-order valence-corrected chi connectivity index (χ0v) is 12.1. The summed E-state index contributed by atoms with van der Waals surface area (Å²) in [5, 5.41) is 2.05. The number of pyridine rings is 1. The van der Waals surface area contributed by atoms with Crippen LogP contribution < -0.4 is 11.3 Å². The Morgan fingerprint density at radius 3 is 2.47 bits per heavy atom. The van der Waals surface area contributed by atoms with Crippen molar-refractivity contribution in [2.45, 2.75) is 19.9 Å². The van der Waals surface area contributed by atoms with Crippen molar-refractivity contribution in [3.05, 3.63) is 49.9 Å². The number of aryl methyl sites for hydroxylation is 2. The van der Waals surface area contributed by atoms with Crippen molar-refractivity contribution in [2.24, 2.45) is 5.84 Å². The Morgan fingerprint density at radius 1 is 1.35 bits per heavy atom. The number of nitrogens with zero attached hydrogens (tertiary/aromatic N) is 1. The van der Waals surface area contributed by atoms with Gasteiger partial charge in [0, 0.05) is 20.7 Å². The largest absolute Gasteiger partial charge is 0.271 e. The second kappa shape index (κ2) is 5.27. The third kappa shape index (κ3) is 2.74. The number of nitrogens with two attached hydrogens (primary N) is 1. The summed E-state index contributed by atoms with van der Waals surface area (Å²) in [6.07, 6.45) is 0. The Kier molecular flexibility index (Phi) is 3.93. The Hall–Kier alpha value is -0.750. The molecule has 2 aromatic rings. The topological polar surface area (TPSA) is 50.9 Å². The predicted octanol–water partition coefficient (Wildman–Crippen LogP) is 3.08. The van der Waals surface area contributed by atoms with E-state index >= 15 is 0 Å². The van der Waals surface area contributed by atoms with Crippen LogP contribution in [-0.2, 0) is 0 Å². The number of thiophene rings is 1. The molecule has 5 heteroatoms. The van der Waals surface area contributed by atoms with E-state index in [0.29, 0.717) is 0 Å². The molecule has 0 radical (unpaired) electrons. The average Bonchev–Trinajstić information content (AvgIpc) is 2.65. The number of hydrogen-bond acceptors (Lipinski definition) is 4. The van der Waals surface area contributed by atoms with Crippen LogP contribution >= 0.6 is 27.3 Å². The van der Waals surface area contributed by atoms with Crippen molar-refractivity contribution in [1.29, 1.82) is 0 Å². The molecule has 2 aromatic heterocycles. The fourth-order valence-corrected chi connectivity index (χ4v) is 3.56. The van der Waals surface area contributed by atoms with Gasteiger partial charge in [-0.15, -0.1) is 11.3 Å². The van der Waals surface area contributed by atoms with Gasteiger partial charge < -0.3 is 0 Å². The number of rotatable bonds is 3. The van der Waals surface area contributed by atoms with Gasteiger partial charge in [-0.2, -0.15) is 0 Å². The van der Waals surface area contributed by atoms with Crippen LogP contribution in [0.15, 0.2) is 28.1 Å². The van der Waals surface area contributed by atoms with E-state index in [2.05, 4.69) is 38.5 Å². The van der Waals surface area contributed by atoms with Crippen LogP contribution in [0.5, 0.6) is 0 Å². The average molecular weight is 312 g/mol. The molecule has 0 aliphatic carbocycles. The van der Waals surface area contributed by atoms with Gasteiger partial charge in [0.25, 0.3) is 0 Å². The normalized spacial score (nSPS) is 12.7. The Balaban J connectivity index is 2.45. The molecular formula is C12H14BrN3S. The highest BCUT2D eigenvalue weighted by atomic mass is 79.9. The van der Waals surface area contributed by atoms with Crippen molar-refractivity contribution >= 4 is 27.3 Å². The molecule has 0 fully saturated rings. The maximum absolute atomic E-state index is 5.68. The summed E-state index contributed by atoms with van der Waals surface area (Å²) < 4.78 is 1.08. The van der Waals surface area contributed by atoms with Crippen molar-refractivity contribution in [3.8, 4) is 0 Å². The second-order valence-corrected chi connectivity index (χ2v) is 5.72. The number of hydrazine groups is 1. The zero-order chi connectivity index (χ0) is 12.4. The summed E-state index contributed by atoms with van der Waals surface area (Å²) in [7, 11) is 0. The van der Waals surface area contributed by atoms with E-state index in [0.717, 1.165) is 21.4 Å². The van der Waals surface area contributed by atoms with Crippen molar-refractivity contribution < 1.29 is 0 Å². The molecule has 0 bridgehead atoms. The summed E-state index contributed by atoms with van der Waals surface area (Å²) in [6, 6.07) is 6.16. The first-order valence-electron chi connectivity index (χ1n) is 5.26. The van der Waals surface area contributed by atoms with Gasteiger partial charge in [-0.1, -0.05) is 0 Å². The Bertz CT molecular complexity index is 504. The third-order valence-corrected chi connectivity index (χ3v) is 4.45. The molecule has 3 N–H and O–H groups in total. The lowest BCUT2D eigenvalue weighted by molar-refractivity contribution is 0.642. The first-order chi connectivity index (χ1) is 8.11. The van der Waals surface area contributed by atoms with Crippen molar-refractivity contribution in [1.82, 2.24) is 10.4 Å². The molecule has 3 nitrogen and oxygen atoms in total. The second-order valence-electron chi connectivity index (χ2n) is 3.92. The number of aromatic nitrogens is 1. The molecule has 0 aromatic carbocycles. The molecule has 0 saturated carbocycles. The fourth-order valence-electron chi connectivity index (χ4n) is 1.87. The summed E-state index contributed by atoms with van der Waals surface area (Å²) in [4.78, 5) is 5.56. The molecule has 2 heterocycles. The van der Waals surface area contributed by atoms with E-state index in [-0.39, 0.29) is 6.04 Å². The van der Waals surface area contributed by atoms with Crippen LogP contribution in [0.4, 0.5) is 0 Å². The molecule has 0 aliphatic heterocycles. The lowest BCUT2D eigenvalue weighted by Crippen LogP contribution is -2.28. The molecule has 2 rings (SSSR count). The minimum absolute atomic E-state index is 0.00442. The van der Waals surface area contributed by atoms with Crippen molar-refractivity contribution in [2.75, 3.05) is 0 Å². The molecule has 17 heavy (non-hydrogen) atoms. The minimum Gasteiger partial charge on any atom is -0.271 e. The molecule has 0 spiro atoms. The standard InChI is InChI=1S/C12H14BrN3S/c1-7-5-9(6-8(2)15-7)11(16-14)12-10(13)3-4-17-12/h3-6,11,16H,14H2,1-2H3. The quantitative estimate of drug-likeness (QED) is 0.676. The van der Waals surface area contributed by atoms with Crippen molar-refractivity contribution in [3.63, 3.8) is 0 Å². The highest BCUT2D eigenvalue weighted by molar-refractivity contribution is 9.10. The van der Waals surface area contributed by atoms with Crippen LogP contribution in [0.1, 0.15) is 27.9 Å². The van der Waals surface area contributed by atoms with Gasteiger partial charge in [-0.05, 0) is 58.9 Å². The highest BCUT2D eigenvalue weighted by Gasteiger charge is 2.17. The molecule has 0 amide bonds. The van der Waals surface area contributed by atoms with Gasteiger partial charge in [0.15, 0.2) is 0 Å². The SMILES string of the molecule is Cc1cc(C(NN)c2sccc2Br)cc(C)n1. The lowest BCUT2D eigenvalue weighted by Gasteiger charge is -2.16. The Morgan fingerprint density at radius 2 is 2.00 bits per heavy atom. The monoisotopic (exact) mass is 311 g/mol.